The fourth-order valence-electron chi connectivity index (χ4n) is 1.99. The van der Waals surface area contributed by atoms with Gasteiger partial charge in [0.2, 0.25) is 11.8 Å². The summed E-state index contributed by atoms with van der Waals surface area (Å²) in [7, 11) is 0. The van der Waals surface area contributed by atoms with E-state index >= 15 is 0 Å². The number of primary amides is 1. The zero-order valence-corrected chi connectivity index (χ0v) is 13.7. The van der Waals surface area contributed by atoms with Crippen molar-refractivity contribution in [2.75, 3.05) is 6.61 Å². The maximum Gasteiger partial charge on any atom is 0.240 e. The molecule has 0 heterocycles. The van der Waals surface area contributed by atoms with Crippen molar-refractivity contribution < 1.29 is 14.3 Å². The lowest BCUT2D eigenvalue weighted by molar-refractivity contribution is -0.127. The number of ether oxygens (including phenoxy) is 1. The molecule has 1 aromatic carbocycles. The van der Waals surface area contributed by atoms with Crippen molar-refractivity contribution in [1.82, 2.24) is 5.32 Å². The fraction of sp³-hybridized carbons (Fsp3) is 0.444. The summed E-state index contributed by atoms with van der Waals surface area (Å²) in [5.74, 6) is 2.78. The lowest BCUT2D eigenvalue weighted by Crippen LogP contribution is -2.45. The minimum absolute atomic E-state index is 0.156. The number of terminal acetylenes is 1. The predicted molar refractivity (Wildman–Crippen MR) is 89.7 cm³/mol. The van der Waals surface area contributed by atoms with E-state index in [4.69, 9.17) is 16.9 Å². The highest BCUT2D eigenvalue weighted by molar-refractivity contribution is 5.86. The molecule has 0 aliphatic heterocycles. The van der Waals surface area contributed by atoms with Crippen LogP contribution in [0.2, 0.25) is 0 Å². The van der Waals surface area contributed by atoms with Crippen molar-refractivity contribution in [3.8, 4) is 18.1 Å². The van der Waals surface area contributed by atoms with Crippen LogP contribution in [0, 0.1) is 18.3 Å². The van der Waals surface area contributed by atoms with Crippen molar-refractivity contribution in [1.29, 1.82) is 0 Å². The molecule has 0 saturated carbocycles. The molecule has 2 amide bonds. The molecule has 0 saturated heterocycles. The van der Waals surface area contributed by atoms with Crippen molar-refractivity contribution >= 4 is 11.8 Å². The Kier molecular flexibility index (Phi) is 7.69. The first-order valence-electron chi connectivity index (χ1n) is 7.66. The summed E-state index contributed by atoms with van der Waals surface area (Å²) in [4.78, 5) is 23.4. The summed E-state index contributed by atoms with van der Waals surface area (Å²) in [6, 6.07) is 6.47. The monoisotopic (exact) mass is 316 g/mol. The van der Waals surface area contributed by atoms with Gasteiger partial charge in [-0.2, -0.15) is 0 Å². The number of amides is 2. The van der Waals surface area contributed by atoms with Gasteiger partial charge < -0.3 is 15.8 Å². The third kappa shape index (κ3) is 7.37. The molecule has 1 atom stereocenters. The highest BCUT2D eigenvalue weighted by atomic mass is 16.5. The lowest BCUT2D eigenvalue weighted by atomic mass is 10.0. The van der Waals surface area contributed by atoms with E-state index in [1.165, 1.54) is 0 Å². The largest absolute Gasteiger partial charge is 0.481 e. The Hall–Kier alpha value is -2.48. The minimum atomic E-state index is -0.716. The van der Waals surface area contributed by atoms with Crippen LogP contribution in [0.4, 0.5) is 0 Å². The first kappa shape index (κ1) is 18.6. The van der Waals surface area contributed by atoms with Crippen molar-refractivity contribution in [3.63, 3.8) is 0 Å². The van der Waals surface area contributed by atoms with E-state index in [1.807, 2.05) is 26.0 Å². The standard InChI is InChI=1S/C18H24N2O3/c1-4-11-23-15-8-6-14(7-9-15)12-16(18(19)22)20-17(21)10-5-13(2)3/h1,6-9,13,16H,5,10-12H2,2-3H3,(H2,19,22)(H,20,21)/t16-/m0/s1. The van der Waals surface area contributed by atoms with Crippen LogP contribution in [0.5, 0.6) is 5.75 Å². The molecule has 0 aliphatic carbocycles. The Morgan fingerprint density at radius 2 is 1.96 bits per heavy atom. The molecule has 0 aliphatic rings. The van der Waals surface area contributed by atoms with Gasteiger partial charge in [-0.25, -0.2) is 0 Å². The van der Waals surface area contributed by atoms with Crippen LogP contribution in [0.3, 0.4) is 0 Å². The number of benzene rings is 1. The highest BCUT2D eigenvalue weighted by Crippen LogP contribution is 2.13. The molecule has 0 aromatic heterocycles. The van der Waals surface area contributed by atoms with Gasteiger partial charge in [0.05, 0.1) is 0 Å². The first-order valence-corrected chi connectivity index (χ1v) is 7.66. The Bertz CT molecular complexity index is 559. The van der Waals surface area contributed by atoms with Crippen molar-refractivity contribution in [2.24, 2.45) is 11.7 Å². The maximum absolute atomic E-state index is 11.9. The molecule has 124 valence electrons. The van der Waals surface area contributed by atoms with Crippen LogP contribution >= 0.6 is 0 Å². The summed E-state index contributed by atoms with van der Waals surface area (Å²) < 4.78 is 5.28. The van der Waals surface area contributed by atoms with Gasteiger partial charge in [-0.05, 0) is 30.0 Å². The average Bonchev–Trinajstić information content (AvgIpc) is 2.51. The normalized spacial score (nSPS) is 11.6. The molecule has 3 N–H and O–H groups in total. The molecule has 0 fully saturated rings. The molecule has 0 spiro atoms. The van der Waals surface area contributed by atoms with Gasteiger partial charge in [0.25, 0.3) is 0 Å². The molecule has 5 nitrogen and oxygen atoms in total. The predicted octanol–water partition coefficient (Wildman–Crippen LogP) is 1.65. The van der Waals surface area contributed by atoms with E-state index < -0.39 is 11.9 Å². The van der Waals surface area contributed by atoms with Gasteiger partial charge in [0.1, 0.15) is 18.4 Å². The summed E-state index contributed by atoms with van der Waals surface area (Å²) in [6.45, 7) is 4.29. The van der Waals surface area contributed by atoms with Crippen LogP contribution in [0.25, 0.3) is 0 Å². The zero-order valence-electron chi connectivity index (χ0n) is 13.7. The Morgan fingerprint density at radius 3 is 2.48 bits per heavy atom. The summed E-state index contributed by atoms with van der Waals surface area (Å²) in [6.07, 6.45) is 6.64. The maximum atomic E-state index is 11.9. The summed E-state index contributed by atoms with van der Waals surface area (Å²) >= 11 is 0. The zero-order chi connectivity index (χ0) is 17.2. The SMILES string of the molecule is C#CCOc1ccc(C[C@H](NC(=O)CCC(C)C)C(N)=O)cc1. The van der Waals surface area contributed by atoms with Gasteiger partial charge in [-0.15, -0.1) is 6.42 Å². The van der Waals surface area contributed by atoms with Crippen LogP contribution < -0.4 is 15.8 Å². The third-order valence-electron chi connectivity index (χ3n) is 3.31. The van der Waals surface area contributed by atoms with Crippen LogP contribution in [0.15, 0.2) is 24.3 Å². The summed E-state index contributed by atoms with van der Waals surface area (Å²) in [5.41, 5.74) is 6.26. The van der Waals surface area contributed by atoms with E-state index in [-0.39, 0.29) is 12.5 Å². The molecular weight excluding hydrogens is 292 g/mol. The molecule has 0 radical (unpaired) electrons. The van der Waals surface area contributed by atoms with Crippen LogP contribution in [-0.2, 0) is 16.0 Å². The van der Waals surface area contributed by atoms with Gasteiger partial charge >= 0.3 is 0 Å². The molecule has 1 aromatic rings. The average molecular weight is 316 g/mol. The van der Waals surface area contributed by atoms with E-state index in [9.17, 15) is 9.59 Å². The first-order chi connectivity index (χ1) is 10.9. The van der Waals surface area contributed by atoms with Crippen LogP contribution in [-0.4, -0.2) is 24.5 Å². The van der Waals surface area contributed by atoms with Gasteiger partial charge in [0.15, 0.2) is 0 Å². The minimum Gasteiger partial charge on any atom is -0.481 e. The number of hydrogen-bond acceptors (Lipinski definition) is 3. The highest BCUT2D eigenvalue weighted by Gasteiger charge is 2.18. The van der Waals surface area contributed by atoms with E-state index in [2.05, 4.69) is 11.2 Å². The fourth-order valence-corrected chi connectivity index (χ4v) is 1.99. The summed E-state index contributed by atoms with van der Waals surface area (Å²) in [5, 5.41) is 2.70. The Labute approximate surface area is 137 Å². The van der Waals surface area contributed by atoms with Crippen LogP contribution in [0.1, 0.15) is 32.3 Å². The number of nitrogens with two attached hydrogens (primary N) is 1. The quantitative estimate of drug-likeness (QED) is 0.680. The smallest absolute Gasteiger partial charge is 0.240 e. The molecular formula is C18H24N2O3. The molecule has 0 bridgehead atoms. The number of carbonyl (C=O) groups excluding carboxylic acids is 2. The third-order valence-corrected chi connectivity index (χ3v) is 3.31. The van der Waals surface area contributed by atoms with Crippen molar-refractivity contribution in [2.45, 2.75) is 39.2 Å². The lowest BCUT2D eigenvalue weighted by Gasteiger charge is -2.16. The molecule has 5 heteroatoms. The second-order valence-corrected chi connectivity index (χ2v) is 5.80. The second-order valence-electron chi connectivity index (χ2n) is 5.80. The molecule has 0 unspecified atom stereocenters. The van der Waals surface area contributed by atoms with Gasteiger partial charge in [-0.1, -0.05) is 31.9 Å². The number of carbonyl (C=O) groups is 2. The Balaban J connectivity index is 2.60. The topological polar surface area (TPSA) is 81.4 Å². The van der Waals surface area contributed by atoms with Gasteiger partial charge in [0, 0.05) is 12.8 Å². The number of rotatable bonds is 9. The Morgan fingerprint density at radius 1 is 1.30 bits per heavy atom. The van der Waals surface area contributed by atoms with E-state index in [1.54, 1.807) is 12.1 Å². The van der Waals surface area contributed by atoms with E-state index in [0.29, 0.717) is 24.5 Å². The molecule has 23 heavy (non-hydrogen) atoms. The van der Waals surface area contributed by atoms with E-state index in [0.717, 1.165) is 12.0 Å². The number of hydrogen-bond donors (Lipinski definition) is 2. The number of nitrogens with one attached hydrogen (secondary N) is 1. The second kappa shape index (κ2) is 9.52. The molecule has 1 rings (SSSR count). The van der Waals surface area contributed by atoms with Crippen molar-refractivity contribution in [3.05, 3.63) is 29.8 Å². The van der Waals surface area contributed by atoms with Gasteiger partial charge in [-0.3, -0.25) is 9.59 Å².